The molecule has 0 spiro atoms. The van der Waals surface area contributed by atoms with Gasteiger partial charge in [0.25, 0.3) is 0 Å². The summed E-state index contributed by atoms with van der Waals surface area (Å²) in [6.45, 7) is 5.65. The van der Waals surface area contributed by atoms with Gasteiger partial charge in [-0.15, -0.1) is 0 Å². The lowest BCUT2D eigenvalue weighted by Crippen LogP contribution is -2.53. The van der Waals surface area contributed by atoms with Gasteiger partial charge >= 0.3 is 5.97 Å². The molecule has 0 aromatic heterocycles. The number of aliphatic hydroxyl groups excluding tert-OH is 1. The highest BCUT2D eigenvalue weighted by atomic mass is 16.6. The predicted octanol–water partition coefficient (Wildman–Crippen LogP) is 5.03. The van der Waals surface area contributed by atoms with Gasteiger partial charge in [-0.2, -0.15) is 0 Å². The summed E-state index contributed by atoms with van der Waals surface area (Å²) in [7, 11) is 0. The van der Waals surface area contributed by atoms with Crippen LogP contribution in [0.3, 0.4) is 0 Å². The molecule has 0 fully saturated rings. The average molecular weight is 430 g/mol. The zero-order valence-corrected chi connectivity index (χ0v) is 19.0. The Morgan fingerprint density at radius 2 is 1.44 bits per heavy atom. The second-order valence-electron chi connectivity index (χ2n) is 9.30. The summed E-state index contributed by atoms with van der Waals surface area (Å²) >= 11 is 0. The molecule has 1 aliphatic carbocycles. The average Bonchev–Trinajstić information content (AvgIpc) is 3.07. The van der Waals surface area contributed by atoms with Crippen molar-refractivity contribution < 1.29 is 14.6 Å². The third-order valence-electron chi connectivity index (χ3n) is 5.89. The van der Waals surface area contributed by atoms with Crippen molar-refractivity contribution >= 4 is 5.97 Å². The van der Waals surface area contributed by atoms with E-state index in [1.165, 1.54) is 0 Å². The smallest absolute Gasteiger partial charge is 0.323 e. The van der Waals surface area contributed by atoms with Gasteiger partial charge in [0.05, 0.1) is 5.54 Å². The van der Waals surface area contributed by atoms with Gasteiger partial charge in [-0.3, -0.25) is 10.1 Å². The van der Waals surface area contributed by atoms with Crippen LogP contribution in [-0.4, -0.2) is 29.3 Å². The van der Waals surface area contributed by atoms with Crippen LogP contribution >= 0.6 is 0 Å². The van der Waals surface area contributed by atoms with Crippen molar-refractivity contribution in [1.82, 2.24) is 5.32 Å². The van der Waals surface area contributed by atoms with Crippen LogP contribution in [0.1, 0.15) is 50.3 Å². The van der Waals surface area contributed by atoms with Gasteiger partial charge in [0.15, 0.2) is 0 Å². The fourth-order valence-electron chi connectivity index (χ4n) is 4.65. The van der Waals surface area contributed by atoms with E-state index >= 15 is 0 Å². The summed E-state index contributed by atoms with van der Waals surface area (Å²) in [5.74, 6) is -0.303. The molecule has 0 bridgehead atoms. The molecule has 0 heterocycles. The van der Waals surface area contributed by atoms with E-state index in [1.54, 1.807) is 0 Å². The van der Waals surface area contributed by atoms with E-state index in [0.29, 0.717) is 12.8 Å². The summed E-state index contributed by atoms with van der Waals surface area (Å²) in [4.78, 5) is 13.3. The van der Waals surface area contributed by atoms with Gasteiger partial charge < -0.3 is 9.84 Å². The molecule has 1 aliphatic rings. The lowest BCUT2D eigenvalue weighted by molar-refractivity contribution is -0.158. The highest BCUT2D eigenvalue weighted by molar-refractivity contribution is 5.84. The number of carbonyl (C=O) groups is 1. The van der Waals surface area contributed by atoms with Crippen molar-refractivity contribution in [3.05, 3.63) is 95.6 Å². The number of rotatable bonds is 7. The van der Waals surface area contributed by atoms with Crippen molar-refractivity contribution in [3.8, 4) is 11.1 Å². The van der Waals surface area contributed by atoms with E-state index in [1.807, 2.05) is 63.2 Å². The number of esters is 1. The Bertz CT molecular complexity index is 1040. The van der Waals surface area contributed by atoms with Crippen LogP contribution in [0.5, 0.6) is 0 Å². The van der Waals surface area contributed by atoms with Crippen LogP contribution in [0.15, 0.2) is 78.9 Å². The van der Waals surface area contributed by atoms with E-state index in [2.05, 4.69) is 41.7 Å². The molecule has 0 unspecified atom stereocenters. The van der Waals surface area contributed by atoms with Crippen LogP contribution in [0.4, 0.5) is 0 Å². The Labute approximate surface area is 190 Å². The second kappa shape index (κ2) is 8.89. The molecular formula is C28H31NO3. The Kier molecular flexibility index (Phi) is 6.18. The van der Waals surface area contributed by atoms with Crippen LogP contribution in [0.25, 0.3) is 11.1 Å². The Hall–Kier alpha value is -2.95. The molecule has 4 rings (SSSR count). The van der Waals surface area contributed by atoms with E-state index in [0.717, 1.165) is 27.8 Å². The van der Waals surface area contributed by atoms with Gasteiger partial charge in [-0.1, -0.05) is 78.9 Å². The molecule has 3 aromatic rings. The number of benzene rings is 3. The molecule has 1 atom stereocenters. The van der Waals surface area contributed by atoms with E-state index in [9.17, 15) is 9.90 Å². The van der Waals surface area contributed by atoms with E-state index in [4.69, 9.17) is 4.74 Å². The third-order valence-corrected chi connectivity index (χ3v) is 5.89. The quantitative estimate of drug-likeness (QED) is 0.517. The summed E-state index contributed by atoms with van der Waals surface area (Å²) in [6, 6.07) is 26.4. The normalized spacial score (nSPS) is 15.0. The number of carbonyl (C=O) groups excluding carboxylic acids is 1. The second-order valence-corrected chi connectivity index (χ2v) is 9.30. The highest BCUT2D eigenvalue weighted by Crippen LogP contribution is 2.51. The molecule has 0 radical (unpaired) electrons. The highest BCUT2D eigenvalue weighted by Gasteiger charge is 2.46. The molecule has 0 amide bonds. The molecule has 0 saturated carbocycles. The minimum atomic E-state index is -0.703. The summed E-state index contributed by atoms with van der Waals surface area (Å²) < 4.78 is 5.78. The lowest BCUT2D eigenvalue weighted by Gasteiger charge is -2.38. The molecule has 4 heteroatoms. The largest absolute Gasteiger partial charge is 0.459 e. The summed E-state index contributed by atoms with van der Waals surface area (Å²) in [5.41, 5.74) is 4.31. The molecule has 4 nitrogen and oxygen atoms in total. The van der Waals surface area contributed by atoms with Crippen LogP contribution in [0, 0.1) is 0 Å². The zero-order chi connectivity index (χ0) is 22.8. The minimum Gasteiger partial charge on any atom is -0.459 e. The van der Waals surface area contributed by atoms with Crippen molar-refractivity contribution in [1.29, 1.82) is 0 Å². The first kappa shape index (κ1) is 22.3. The predicted molar refractivity (Wildman–Crippen MR) is 127 cm³/mol. The van der Waals surface area contributed by atoms with Gasteiger partial charge in [0, 0.05) is 6.61 Å². The Balaban J connectivity index is 1.90. The molecule has 3 aromatic carbocycles. The maximum absolute atomic E-state index is 13.3. The fourth-order valence-corrected chi connectivity index (χ4v) is 4.65. The topological polar surface area (TPSA) is 58.6 Å². The van der Waals surface area contributed by atoms with Crippen molar-refractivity contribution in [2.75, 3.05) is 6.61 Å². The van der Waals surface area contributed by atoms with Crippen LogP contribution < -0.4 is 5.32 Å². The molecule has 0 saturated heterocycles. The third kappa shape index (κ3) is 4.08. The number of hydrogen-bond acceptors (Lipinski definition) is 4. The van der Waals surface area contributed by atoms with Gasteiger partial charge in [0.1, 0.15) is 11.6 Å². The maximum atomic E-state index is 13.3. The lowest BCUT2D eigenvalue weighted by atomic mass is 9.79. The standard InChI is InChI=1S/C28H31NO3/c1-27(2,3)32-26(31)25(18-11-19-30)29-28(20-12-5-4-6-13-20)23-16-9-7-14-21(23)22-15-8-10-17-24(22)28/h4-10,12-17,25,29-30H,11,18-19H2,1-3H3/t25-/m1/s1. The van der Waals surface area contributed by atoms with E-state index < -0.39 is 17.2 Å². The first-order valence-electron chi connectivity index (χ1n) is 11.2. The SMILES string of the molecule is CC(C)(C)OC(=O)[C@@H](CCCO)NC1(c2ccccc2)c2ccccc2-c2ccccc21. The summed E-state index contributed by atoms with van der Waals surface area (Å²) in [6.07, 6.45) is 0.982. The minimum absolute atomic E-state index is 0.0203. The van der Waals surface area contributed by atoms with E-state index in [-0.39, 0.29) is 12.6 Å². The van der Waals surface area contributed by atoms with Crippen molar-refractivity contribution in [2.24, 2.45) is 0 Å². The van der Waals surface area contributed by atoms with Crippen LogP contribution in [0.2, 0.25) is 0 Å². The van der Waals surface area contributed by atoms with Crippen molar-refractivity contribution in [2.45, 2.75) is 50.8 Å². The monoisotopic (exact) mass is 429 g/mol. The zero-order valence-electron chi connectivity index (χ0n) is 19.0. The van der Waals surface area contributed by atoms with Crippen LogP contribution in [-0.2, 0) is 15.1 Å². The number of hydrogen-bond donors (Lipinski definition) is 2. The number of fused-ring (bicyclic) bond motifs is 3. The fraction of sp³-hybridized carbons (Fsp3) is 0.321. The number of nitrogens with one attached hydrogen (secondary N) is 1. The van der Waals surface area contributed by atoms with Crippen molar-refractivity contribution in [3.63, 3.8) is 0 Å². The molecule has 2 N–H and O–H groups in total. The summed E-state index contributed by atoms with van der Waals surface area (Å²) in [5, 5.41) is 13.2. The maximum Gasteiger partial charge on any atom is 0.323 e. The number of ether oxygens (including phenoxy) is 1. The van der Waals surface area contributed by atoms with Gasteiger partial charge in [-0.25, -0.2) is 0 Å². The number of aliphatic hydroxyl groups is 1. The Morgan fingerprint density at radius 3 is 1.97 bits per heavy atom. The first-order valence-corrected chi connectivity index (χ1v) is 11.2. The molecule has 32 heavy (non-hydrogen) atoms. The molecule has 0 aliphatic heterocycles. The molecule has 166 valence electrons. The van der Waals surface area contributed by atoms with Gasteiger partial charge in [0.2, 0.25) is 0 Å². The molecular weight excluding hydrogens is 398 g/mol. The Morgan fingerprint density at radius 1 is 0.906 bits per heavy atom. The van der Waals surface area contributed by atoms with Gasteiger partial charge in [-0.05, 0) is 61.4 Å². The first-order chi connectivity index (χ1) is 15.4.